The number of rotatable bonds is 4. The lowest BCUT2D eigenvalue weighted by atomic mass is 10.1. The van der Waals surface area contributed by atoms with Gasteiger partial charge >= 0.3 is 0 Å². The average Bonchev–Trinajstić information content (AvgIpc) is 3.15. The van der Waals surface area contributed by atoms with Crippen LogP contribution >= 0.6 is 11.8 Å². The maximum atomic E-state index is 11.2. The Labute approximate surface area is 121 Å². The molecule has 0 amide bonds. The number of aromatic nitrogens is 3. The van der Waals surface area contributed by atoms with E-state index in [9.17, 15) is 4.79 Å². The van der Waals surface area contributed by atoms with E-state index in [1.807, 2.05) is 30.5 Å². The van der Waals surface area contributed by atoms with Crippen molar-refractivity contribution in [1.29, 1.82) is 0 Å². The van der Waals surface area contributed by atoms with Crippen molar-refractivity contribution in [1.82, 2.24) is 15.0 Å². The lowest BCUT2D eigenvalue weighted by molar-refractivity contribution is 0.102. The molecule has 104 valence electrons. The fraction of sp³-hybridized carbons (Fsp3) is 0.357. The topological polar surface area (TPSA) is 57.0 Å². The summed E-state index contributed by atoms with van der Waals surface area (Å²) in [6.45, 7) is 0.721. The molecule has 1 unspecified atom stereocenters. The number of aldehydes is 1. The average molecular weight is 289 g/mol. The summed E-state index contributed by atoms with van der Waals surface area (Å²) >= 11 is 1.67. The third-order valence-electron chi connectivity index (χ3n) is 3.38. The van der Waals surface area contributed by atoms with Gasteiger partial charge in [-0.3, -0.25) is 4.79 Å². The highest BCUT2D eigenvalue weighted by Gasteiger charge is 2.27. The van der Waals surface area contributed by atoms with Gasteiger partial charge in [-0.1, -0.05) is 11.3 Å². The first-order valence-electron chi connectivity index (χ1n) is 6.50. The Morgan fingerprint density at radius 3 is 3.10 bits per heavy atom. The number of benzene rings is 1. The van der Waals surface area contributed by atoms with E-state index >= 15 is 0 Å². The molecule has 1 saturated heterocycles. The summed E-state index contributed by atoms with van der Waals surface area (Å²) in [6, 6.07) is 8.01. The number of hydrogen-bond acceptors (Lipinski definition) is 5. The van der Waals surface area contributed by atoms with Crippen molar-refractivity contribution in [3.63, 3.8) is 0 Å². The second-order valence-corrected chi connectivity index (χ2v) is 5.47. The highest BCUT2D eigenvalue weighted by atomic mass is 32.2. The maximum absolute atomic E-state index is 11.2. The van der Waals surface area contributed by atoms with Crippen molar-refractivity contribution in [3.05, 3.63) is 35.7 Å². The Morgan fingerprint density at radius 2 is 2.40 bits per heavy atom. The second kappa shape index (κ2) is 5.76. The molecule has 0 bridgehead atoms. The summed E-state index contributed by atoms with van der Waals surface area (Å²) in [5.41, 5.74) is 2.03. The van der Waals surface area contributed by atoms with Gasteiger partial charge in [0.2, 0.25) is 0 Å². The minimum Gasteiger partial charge on any atom is -0.372 e. The molecule has 6 heteroatoms. The van der Waals surface area contributed by atoms with Gasteiger partial charge in [0.05, 0.1) is 5.69 Å². The zero-order valence-corrected chi connectivity index (χ0v) is 12.0. The third kappa shape index (κ3) is 2.36. The lowest BCUT2D eigenvalue weighted by Gasteiger charge is -2.12. The van der Waals surface area contributed by atoms with Crippen LogP contribution in [0.3, 0.4) is 0 Å². The van der Waals surface area contributed by atoms with E-state index in [4.69, 9.17) is 4.74 Å². The van der Waals surface area contributed by atoms with Crippen LogP contribution in [0.25, 0.3) is 5.69 Å². The molecule has 1 aliphatic heterocycles. The van der Waals surface area contributed by atoms with E-state index in [0.29, 0.717) is 5.69 Å². The number of thioether (sulfide) groups is 1. The van der Waals surface area contributed by atoms with Gasteiger partial charge in [0, 0.05) is 11.5 Å². The van der Waals surface area contributed by atoms with Gasteiger partial charge in [0.1, 0.15) is 11.8 Å². The molecular weight excluding hydrogens is 274 g/mol. The van der Waals surface area contributed by atoms with E-state index in [0.717, 1.165) is 42.0 Å². The Kier molecular flexibility index (Phi) is 3.84. The van der Waals surface area contributed by atoms with Crippen LogP contribution in [0.1, 0.15) is 35.1 Å². The van der Waals surface area contributed by atoms with Gasteiger partial charge in [-0.2, -0.15) is 0 Å². The van der Waals surface area contributed by atoms with Gasteiger partial charge in [0.15, 0.2) is 12.0 Å². The zero-order valence-electron chi connectivity index (χ0n) is 11.2. The summed E-state index contributed by atoms with van der Waals surface area (Å²) in [7, 11) is 0. The molecule has 0 aliphatic carbocycles. The molecule has 20 heavy (non-hydrogen) atoms. The van der Waals surface area contributed by atoms with Crippen LogP contribution in [0.4, 0.5) is 0 Å². The van der Waals surface area contributed by atoms with Crippen molar-refractivity contribution in [2.45, 2.75) is 23.8 Å². The summed E-state index contributed by atoms with van der Waals surface area (Å²) in [4.78, 5) is 12.3. The molecule has 0 radical (unpaired) electrons. The number of hydrogen-bond donors (Lipinski definition) is 0. The van der Waals surface area contributed by atoms with E-state index in [2.05, 4.69) is 10.3 Å². The molecule has 2 aromatic rings. The van der Waals surface area contributed by atoms with Gasteiger partial charge in [-0.25, -0.2) is 4.68 Å². The van der Waals surface area contributed by atoms with Gasteiger partial charge in [-0.15, -0.1) is 16.9 Å². The van der Waals surface area contributed by atoms with E-state index in [-0.39, 0.29) is 6.10 Å². The number of nitrogens with zero attached hydrogens (tertiary/aromatic N) is 3. The summed E-state index contributed by atoms with van der Waals surface area (Å²) in [5, 5.41) is 8.09. The number of carbonyl (C=O) groups excluding carboxylic acids is 1. The Balaban J connectivity index is 2.08. The van der Waals surface area contributed by atoms with Crippen LogP contribution in [0.15, 0.2) is 29.2 Å². The van der Waals surface area contributed by atoms with Crippen LogP contribution in [-0.2, 0) is 4.74 Å². The highest BCUT2D eigenvalue weighted by molar-refractivity contribution is 7.98. The maximum Gasteiger partial charge on any atom is 0.172 e. The van der Waals surface area contributed by atoms with Crippen molar-refractivity contribution in [3.8, 4) is 5.69 Å². The SMILES string of the molecule is CSc1cccc(-n2nnc(C=O)c2C2CCCO2)c1. The molecule has 0 N–H and O–H groups in total. The number of ether oxygens (including phenoxy) is 1. The normalized spacial score (nSPS) is 18.4. The summed E-state index contributed by atoms with van der Waals surface area (Å²) < 4.78 is 7.42. The summed E-state index contributed by atoms with van der Waals surface area (Å²) in [5.74, 6) is 0. The molecule has 3 rings (SSSR count). The van der Waals surface area contributed by atoms with Crippen molar-refractivity contribution in [2.24, 2.45) is 0 Å². The summed E-state index contributed by atoms with van der Waals surface area (Å²) in [6.07, 6.45) is 4.58. The van der Waals surface area contributed by atoms with Crippen LogP contribution < -0.4 is 0 Å². The largest absolute Gasteiger partial charge is 0.372 e. The number of carbonyl (C=O) groups is 1. The minimum absolute atomic E-state index is 0.0943. The van der Waals surface area contributed by atoms with Crippen LogP contribution in [0.2, 0.25) is 0 Å². The fourth-order valence-corrected chi connectivity index (χ4v) is 2.87. The highest BCUT2D eigenvalue weighted by Crippen LogP contribution is 2.31. The quantitative estimate of drug-likeness (QED) is 0.640. The van der Waals surface area contributed by atoms with Gasteiger partial charge in [-0.05, 0) is 37.3 Å². The zero-order chi connectivity index (χ0) is 13.9. The van der Waals surface area contributed by atoms with Crippen LogP contribution in [0.5, 0.6) is 0 Å². The van der Waals surface area contributed by atoms with E-state index in [1.54, 1.807) is 16.4 Å². The standard InChI is InChI=1S/C14H15N3O2S/c1-20-11-5-2-4-10(8-11)17-14(12(9-18)15-16-17)13-6-3-7-19-13/h2,4-5,8-9,13H,3,6-7H2,1H3. The molecule has 2 heterocycles. The van der Waals surface area contributed by atoms with E-state index in [1.165, 1.54) is 0 Å². The fourth-order valence-electron chi connectivity index (χ4n) is 2.41. The van der Waals surface area contributed by atoms with Crippen molar-refractivity contribution >= 4 is 18.0 Å². The van der Waals surface area contributed by atoms with Crippen molar-refractivity contribution in [2.75, 3.05) is 12.9 Å². The van der Waals surface area contributed by atoms with Gasteiger partial charge in [0.25, 0.3) is 0 Å². The Bertz CT molecular complexity index is 621. The first kappa shape index (κ1) is 13.3. The first-order valence-corrected chi connectivity index (χ1v) is 7.72. The molecular formula is C14H15N3O2S. The monoisotopic (exact) mass is 289 g/mol. The first-order chi connectivity index (χ1) is 9.83. The predicted molar refractivity (Wildman–Crippen MR) is 76.5 cm³/mol. The molecule has 5 nitrogen and oxygen atoms in total. The smallest absolute Gasteiger partial charge is 0.172 e. The molecule has 1 aromatic heterocycles. The Hall–Kier alpha value is -1.66. The van der Waals surface area contributed by atoms with Crippen LogP contribution in [-0.4, -0.2) is 34.1 Å². The lowest BCUT2D eigenvalue weighted by Crippen LogP contribution is -2.09. The second-order valence-electron chi connectivity index (χ2n) is 4.59. The Morgan fingerprint density at radius 1 is 1.50 bits per heavy atom. The van der Waals surface area contributed by atoms with Crippen molar-refractivity contribution < 1.29 is 9.53 Å². The van der Waals surface area contributed by atoms with Gasteiger partial charge < -0.3 is 4.74 Å². The minimum atomic E-state index is -0.0943. The van der Waals surface area contributed by atoms with E-state index < -0.39 is 0 Å². The molecule has 1 atom stereocenters. The molecule has 0 saturated carbocycles. The third-order valence-corrected chi connectivity index (χ3v) is 4.10. The van der Waals surface area contributed by atoms with Crippen LogP contribution in [0, 0.1) is 0 Å². The molecule has 1 aliphatic rings. The molecule has 1 aromatic carbocycles. The molecule has 0 spiro atoms. The molecule has 1 fully saturated rings. The predicted octanol–water partition coefficient (Wildman–Crippen LogP) is 2.65.